The van der Waals surface area contributed by atoms with Crippen molar-refractivity contribution in [1.29, 1.82) is 0 Å². The molecule has 1 aliphatic heterocycles. The normalized spacial score (nSPS) is 18.8. The Labute approximate surface area is 223 Å². The number of alkyl carbamates (subject to hydrolysis) is 1. The van der Waals surface area contributed by atoms with Gasteiger partial charge in [-0.25, -0.2) is 4.79 Å². The Morgan fingerprint density at radius 2 is 1.70 bits per heavy atom. The van der Waals surface area contributed by atoms with Gasteiger partial charge in [-0.15, -0.1) is 11.8 Å². The van der Waals surface area contributed by atoms with Gasteiger partial charge < -0.3 is 14.8 Å². The minimum absolute atomic E-state index is 0.0202. The van der Waals surface area contributed by atoms with E-state index in [1.165, 1.54) is 7.11 Å². The Balaban J connectivity index is 1.75. The third-order valence-electron chi connectivity index (χ3n) is 6.15. The zero-order valence-corrected chi connectivity index (χ0v) is 22.6. The van der Waals surface area contributed by atoms with Gasteiger partial charge in [-0.2, -0.15) is 0 Å². The van der Waals surface area contributed by atoms with Crippen molar-refractivity contribution in [3.8, 4) is 0 Å². The average Bonchev–Trinajstić information content (AvgIpc) is 2.87. The zero-order chi connectivity index (χ0) is 26.5. The molecule has 0 aliphatic carbocycles. The van der Waals surface area contributed by atoms with Crippen molar-refractivity contribution >= 4 is 29.5 Å². The molecule has 0 spiro atoms. The third kappa shape index (κ3) is 6.86. The van der Waals surface area contributed by atoms with Crippen LogP contribution in [-0.2, 0) is 26.4 Å². The van der Waals surface area contributed by atoms with E-state index in [-0.39, 0.29) is 11.2 Å². The van der Waals surface area contributed by atoms with Gasteiger partial charge in [-0.1, -0.05) is 60.7 Å². The molecular formula is C30H34N2O4S. The molecule has 0 saturated carbocycles. The molecule has 1 heterocycles. The second-order valence-electron chi connectivity index (χ2n) is 10.1. The number of hydrogen-bond acceptors (Lipinski definition) is 6. The highest BCUT2D eigenvalue weighted by Gasteiger charge is 2.43. The van der Waals surface area contributed by atoms with Gasteiger partial charge in [0.1, 0.15) is 11.3 Å². The molecule has 2 N–H and O–H groups in total. The summed E-state index contributed by atoms with van der Waals surface area (Å²) in [6, 6.07) is 26.4. The van der Waals surface area contributed by atoms with Crippen LogP contribution in [0.3, 0.4) is 0 Å². The molecular weight excluding hydrogens is 484 g/mol. The molecule has 194 valence electrons. The maximum atomic E-state index is 13.1. The van der Waals surface area contributed by atoms with E-state index in [9.17, 15) is 9.59 Å². The Kier molecular flexibility index (Phi) is 8.13. The number of carbonyl (C=O) groups is 2. The first-order chi connectivity index (χ1) is 17.7. The molecule has 2 atom stereocenters. The van der Waals surface area contributed by atoms with Crippen LogP contribution >= 0.6 is 11.8 Å². The standard InChI is InChI=1S/C30H34N2O4S/c1-29(2,3)36-28(34)32-30(22-11-7-5-8-12-22)20-26(37-23-13-9-6-10-14-23)24-19-21(15-17-25(24)31-30)16-18-27(33)35-4/h5-15,17,19,26,31H,16,18,20H2,1-4H3,(H,32,34). The van der Waals surface area contributed by atoms with Crippen molar-refractivity contribution in [3.63, 3.8) is 0 Å². The number of esters is 1. The van der Waals surface area contributed by atoms with E-state index in [0.717, 1.165) is 27.3 Å². The van der Waals surface area contributed by atoms with Crippen LogP contribution in [0.4, 0.5) is 10.5 Å². The first kappa shape index (κ1) is 26.6. The molecule has 2 unspecified atom stereocenters. The second kappa shape index (κ2) is 11.3. The number of fused-ring (bicyclic) bond motifs is 1. The Morgan fingerprint density at radius 1 is 1.03 bits per heavy atom. The lowest BCUT2D eigenvalue weighted by atomic mass is 9.86. The van der Waals surface area contributed by atoms with Crippen LogP contribution in [0.15, 0.2) is 83.8 Å². The molecule has 1 aliphatic rings. The van der Waals surface area contributed by atoms with Gasteiger partial charge >= 0.3 is 12.1 Å². The van der Waals surface area contributed by atoms with E-state index in [2.05, 4.69) is 28.8 Å². The molecule has 0 aromatic heterocycles. The van der Waals surface area contributed by atoms with Crippen molar-refractivity contribution in [2.45, 2.75) is 61.4 Å². The fourth-order valence-electron chi connectivity index (χ4n) is 4.48. The van der Waals surface area contributed by atoms with Crippen LogP contribution < -0.4 is 10.6 Å². The number of carbonyl (C=O) groups excluding carboxylic acids is 2. The Bertz CT molecular complexity index is 1230. The van der Waals surface area contributed by atoms with Crippen LogP contribution in [0.5, 0.6) is 0 Å². The number of rotatable bonds is 7. The monoisotopic (exact) mass is 518 g/mol. The van der Waals surface area contributed by atoms with Crippen LogP contribution in [0.25, 0.3) is 0 Å². The van der Waals surface area contributed by atoms with E-state index >= 15 is 0 Å². The number of thioether (sulfide) groups is 1. The molecule has 4 rings (SSSR count). The predicted octanol–water partition coefficient (Wildman–Crippen LogP) is 6.82. The molecule has 6 nitrogen and oxygen atoms in total. The number of hydrogen-bond donors (Lipinski definition) is 2. The number of amides is 1. The van der Waals surface area contributed by atoms with Gasteiger partial charge in [0.05, 0.1) is 7.11 Å². The minimum Gasteiger partial charge on any atom is -0.469 e. The zero-order valence-electron chi connectivity index (χ0n) is 21.7. The van der Waals surface area contributed by atoms with Gasteiger partial charge in [-0.05, 0) is 62.1 Å². The smallest absolute Gasteiger partial charge is 0.409 e. The van der Waals surface area contributed by atoms with Crippen molar-refractivity contribution in [2.75, 3.05) is 12.4 Å². The molecule has 3 aromatic carbocycles. The highest BCUT2D eigenvalue weighted by atomic mass is 32.2. The summed E-state index contributed by atoms with van der Waals surface area (Å²) >= 11 is 1.76. The van der Waals surface area contributed by atoms with Gasteiger partial charge in [-0.3, -0.25) is 10.1 Å². The van der Waals surface area contributed by atoms with Crippen LogP contribution in [0, 0.1) is 0 Å². The summed E-state index contributed by atoms with van der Waals surface area (Å²) in [6.07, 6.45) is 1.03. The fourth-order valence-corrected chi connectivity index (χ4v) is 5.78. The van der Waals surface area contributed by atoms with Crippen molar-refractivity contribution in [3.05, 3.63) is 95.6 Å². The predicted molar refractivity (Wildman–Crippen MR) is 148 cm³/mol. The van der Waals surface area contributed by atoms with Crippen LogP contribution in [0.1, 0.15) is 55.6 Å². The number of benzene rings is 3. The number of aryl methyl sites for hydroxylation is 1. The first-order valence-electron chi connectivity index (χ1n) is 12.4. The molecule has 0 bridgehead atoms. The number of nitrogens with one attached hydrogen (secondary N) is 2. The summed E-state index contributed by atoms with van der Waals surface area (Å²) in [5.74, 6) is -0.226. The van der Waals surface area contributed by atoms with E-state index in [1.54, 1.807) is 11.8 Å². The lowest BCUT2D eigenvalue weighted by Crippen LogP contribution is -2.55. The largest absolute Gasteiger partial charge is 0.469 e. The molecule has 1 amide bonds. The van der Waals surface area contributed by atoms with Crippen molar-refractivity contribution < 1.29 is 19.1 Å². The van der Waals surface area contributed by atoms with E-state index in [0.29, 0.717) is 19.3 Å². The molecule has 3 aromatic rings. The number of anilines is 1. The molecule has 37 heavy (non-hydrogen) atoms. The average molecular weight is 519 g/mol. The Hall–Kier alpha value is -3.45. The summed E-state index contributed by atoms with van der Waals surface area (Å²) in [5, 5.41) is 6.84. The van der Waals surface area contributed by atoms with E-state index in [4.69, 9.17) is 9.47 Å². The molecule has 0 fully saturated rings. The van der Waals surface area contributed by atoms with Gasteiger partial charge in [0.2, 0.25) is 0 Å². The summed E-state index contributed by atoms with van der Waals surface area (Å²) in [7, 11) is 1.41. The minimum atomic E-state index is -0.878. The van der Waals surface area contributed by atoms with Crippen LogP contribution in [0.2, 0.25) is 0 Å². The summed E-state index contributed by atoms with van der Waals surface area (Å²) in [5.41, 5.74) is 2.57. The van der Waals surface area contributed by atoms with E-state index < -0.39 is 17.4 Å². The van der Waals surface area contributed by atoms with Crippen molar-refractivity contribution in [1.82, 2.24) is 5.32 Å². The molecule has 7 heteroatoms. The number of methoxy groups -OCH3 is 1. The number of ether oxygens (including phenoxy) is 2. The van der Waals surface area contributed by atoms with Gasteiger partial charge in [0, 0.05) is 28.7 Å². The summed E-state index contributed by atoms with van der Waals surface area (Å²) in [4.78, 5) is 26.0. The van der Waals surface area contributed by atoms with Crippen molar-refractivity contribution in [2.24, 2.45) is 0 Å². The first-order valence-corrected chi connectivity index (χ1v) is 13.3. The molecule has 0 saturated heterocycles. The van der Waals surface area contributed by atoms with Gasteiger partial charge in [0.25, 0.3) is 0 Å². The maximum absolute atomic E-state index is 13.1. The van der Waals surface area contributed by atoms with E-state index in [1.807, 2.05) is 81.4 Å². The second-order valence-corrected chi connectivity index (χ2v) is 11.4. The van der Waals surface area contributed by atoms with Crippen LogP contribution in [-0.4, -0.2) is 24.8 Å². The lowest BCUT2D eigenvalue weighted by Gasteiger charge is -2.44. The maximum Gasteiger partial charge on any atom is 0.409 e. The third-order valence-corrected chi connectivity index (χ3v) is 7.40. The summed E-state index contributed by atoms with van der Waals surface area (Å²) in [6.45, 7) is 5.57. The fraction of sp³-hybridized carbons (Fsp3) is 0.333. The summed E-state index contributed by atoms with van der Waals surface area (Å²) < 4.78 is 10.5. The highest BCUT2D eigenvalue weighted by molar-refractivity contribution is 7.99. The quantitative estimate of drug-likeness (QED) is 0.334. The van der Waals surface area contributed by atoms with Gasteiger partial charge in [0.15, 0.2) is 0 Å². The molecule has 0 radical (unpaired) electrons. The topological polar surface area (TPSA) is 76.7 Å². The highest BCUT2D eigenvalue weighted by Crippen LogP contribution is 2.50. The SMILES string of the molecule is COC(=O)CCc1ccc2c(c1)C(Sc1ccccc1)CC(NC(=O)OC(C)(C)C)(c1ccccc1)N2. The lowest BCUT2D eigenvalue weighted by molar-refractivity contribution is -0.140. The Morgan fingerprint density at radius 3 is 2.35 bits per heavy atom.